The maximum Gasteiger partial charge on any atom is 0.159 e. The summed E-state index contributed by atoms with van der Waals surface area (Å²) in [5, 5.41) is 17.3. The van der Waals surface area contributed by atoms with Crippen LogP contribution >= 0.6 is 0 Å². The Balaban J connectivity index is 1.70. The first kappa shape index (κ1) is 14.2. The Morgan fingerprint density at radius 1 is 1.33 bits per heavy atom. The lowest BCUT2D eigenvalue weighted by molar-refractivity contribution is 0.128. The highest BCUT2D eigenvalue weighted by molar-refractivity contribution is 5.23. The van der Waals surface area contributed by atoms with Crippen LogP contribution in [0.1, 0.15) is 36.0 Å². The van der Waals surface area contributed by atoms with Crippen LogP contribution < -0.4 is 5.32 Å². The molecule has 0 bridgehead atoms. The van der Waals surface area contributed by atoms with E-state index >= 15 is 0 Å². The fraction of sp³-hybridized carbons (Fsp3) is 0.400. The predicted molar refractivity (Wildman–Crippen MR) is 71.7 cm³/mol. The summed E-state index contributed by atoms with van der Waals surface area (Å²) in [6.07, 6.45) is 1.51. The second kappa shape index (κ2) is 5.91. The molecule has 4 nitrogen and oxygen atoms in total. The topological polar surface area (TPSA) is 58.3 Å². The second-order valence-corrected chi connectivity index (χ2v) is 5.29. The normalized spacial score (nSPS) is 19.9. The fourth-order valence-corrected chi connectivity index (χ4v) is 2.59. The molecule has 0 unspecified atom stereocenters. The molecule has 1 saturated heterocycles. The van der Waals surface area contributed by atoms with Gasteiger partial charge < -0.3 is 14.9 Å². The first-order chi connectivity index (χ1) is 10.1. The third kappa shape index (κ3) is 3.11. The molecule has 0 saturated carbocycles. The molecular formula is C15H16F2N2O2. The van der Waals surface area contributed by atoms with Crippen molar-refractivity contribution in [2.45, 2.75) is 31.4 Å². The zero-order valence-electron chi connectivity index (χ0n) is 11.4. The minimum atomic E-state index is -0.887. The monoisotopic (exact) mass is 294 g/mol. The maximum atomic E-state index is 13.2. The third-order valence-corrected chi connectivity index (χ3v) is 3.72. The molecular weight excluding hydrogens is 278 g/mol. The summed E-state index contributed by atoms with van der Waals surface area (Å²) in [6.45, 7) is 0.890. The quantitative estimate of drug-likeness (QED) is 0.908. The van der Waals surface area contributed by atoms with Crippen LogP contribution in [0.5, 0.6) is 0 Å². The van der Waals surface area contributed by atoms with Gasteiger partial charge in [-0.25, -0.2) is 8.78 Å². The van der Waals surface area contributed by atoms with Crippen LogP contribution in [0.15, 0.2) is 28.8 Å². The number of aromatic nitrogens is 1. The summed E-state index contributed by atoms with van der Waals surface area (Å²) in [7, 11) is 0. The maximum absolute atomic E-state index is 13.2. The molecule has 1 aliphatic heterocycles. The molecule has 1 fully saturated rings. The molecule has 2 N–H and O–H groups in total. The molecule has 0 aliphatic carbocycles. The number of hydrogen-bond acceptors (Lipinski definition) is 4. The van der Waals surface area contributed by atoms with Crippen molar-refractivity contribution in [1.82, 2.24) is 10.5 Å². The zero-order valence-corrected chi connectivity index (χ0v) is 11.4. The molecule has 0 radical (unpaired) electrons. The van der Waals surface area contributed by atoms with Crippen molar-refractivity contribution in [3.63, 3.8) is 0 Å². The summed E-state index contributed by atoms with van der Waals surface area (Å²) >= 11 is 0. The van der Waals surface area contributed by atoms with E-state index < -0.39 is 17.7 Å². The van der Waals surface area contributed by atoms with Crippen LogP contribution in [0.25, 0.3) is 0 Å². The second-order valence-electron chi connectivity index (χ2n) is 5.29. The molecule has 1 aromatic carbocycles. The summed E-state index contributed by atoms with van der Waals surface area (Å²) in [5.41, 5.74) is 1.05. The van der Waals surface area contributed by atoms with Gasteiger partial charge in [0.05, 0.1) is 0 Å². The molecule has 112 valence electrons. The molecule has 2 heterocycles. The molecule has 1 aromatic heterocycles. The van der Waals surface area contributed by atoms with E-state index in [1.54, 1.807) is 6.07 Å². The van der Waals surface area contributed by atoms with Gasteiger partial charge in [0.2, 0.25) is 0 Å². The zero-order chi connectivity index (χ0) is 14.8. The molecule has 1 aliphatic rings. The van der Waals surface area contributed by atoms with Gasteiger partial charge in [0.15, 0.2) is 11.6 Å². The molecule has 0 amide bonds. The van der Waals surface area contributed by atoms with Gasteiger partial charge in [-0.3, -0.25) is 0 Å². The van der Waals surface area contributed by atoms with Crippen LogP contribution in [0.4, 0.5) is 8.78 Å². The van der Waals surface area contributed by atoms with E-state index in [1.807, 2.05) is 0 Å². The van der Waals surface area contributed by atoms with Gasteiger partial charge in [0, 0.05) is 18.5 Å². The molecule has 2 atom stereocenters. The van der Waals surface area contributed by atoms with Crippen LogP contribution in [0.2, 0.25) is 0 Å². The average molecular weight is 294 g/mol. The minimum absolute atomic E-state index is 0.00813. The summed E-state index contributed by atoms with van der Waals surface area (Å²) < 4.78 is 31.2. The van der Waals surface area contributed by atoms with Crippen LogP contribution in [0, 0.1) is 11.6 Å². The first-order valence-electron chi connectivity index (χ1n) is 6.94. The van der Waals surface area contributed by atoms with Gasteiger partial charge >= 0.3 is 0 Å². The lowest BCUT2D eigenvalue weighted by Gasteiger charge is -2.14. The fourth-order valence-electron chi connectivity index (χ4n) is 2.59. The standard InChI is InChI=1S/C15H16F2N2O2/c16-11-4-3-9(7-12(11)17)6-10-8-14(19-21-10)15(20)13-2-1-5-18-13/h3-4,7-8,13,15,18,20H,1-2,5-6H2/t13-,15-/m0/s1. The van der Waals surface area contributed by atoms with Gasteiger partial charge in [-0.15, -0.1) is 0 Å². The Morgan fingerprint density at radius 3 is 2.90 bits per heavy atom. The first-order valence-corrected chi connectivity index (χ1v) is 6.94. The van der Waals surface area contributed by atoms with Crippen molar-refractivity contribution in [2.75, 3.05) is 6.54 Å². The SMILES string of the molecule is O[C@H](c1cc(Cc2ccc(F)c(F)c2)on1)[C@@H]1CCCN1. The molecule has 6 heteroatoms. The Morgan fingerprint density at radius 2 is 2.19 bits per heavy atom. The average Bonchev–Trinajstić information content (AvgIpc) is 3.13. The number of halogens is 2. The van der Waals surface area contributed by atoms with Gasteiger partial charge in [0.25, 0.3) is 0 Å². The van der Waals surface area contributed by atoms with Crippen LogP contribution in [-0.4, -0.2) is 22.8 Å². The van der Waals surface area contributed by atoms with E-state index in [0.717, 1.165) is 31.5 Å². The minimum Gasteiger partial charge on any atom is -0.385 e. The highest BCUT2D eigenvalue weighted by Crippen LogP contribution is 2.23. The van der Waals surface area contributed by atoms with E-state index in [0.29, 0.717) is 23.4 Å². The van der Waals surface area contributed by atoms with Crippen molar-refractivity contribution in [3.05, 3.63) is 52.9 Å². The Labute approximate surface area is 120 Å². The highest BCUT2D eigenvalue weighted by Gasteiger charge is 2.26. The molecule has 21 heavy (non-hydrogen) atoms. The summed E-state index contributed by atoms with van der Waals surface area (Å²) in [5.74, 6) is -1.25. The van der Waals surface area contributed by atoms with Crippen molar-refractivity contribution < 1.29 is 18.4 Å². The smallest absolute Gasteiger partial charge is 0.159 e. The number of hydrogen-bond donors (Lipinski definition) is 2. The summed E-state index contributed by atoms with van der Waals surface area (Å²) in [4.78, 5) is 0. The highest BCUT2D eigenvalue weighted by atomic mass is 19.2. The Kier molecular flexibility index (Phi) is 3.98. The van der Waals surface area contributed by atoms with Crippen molar-refractivity contribution in [3.8, 4) is 0 Å². The van der Waals surface area contributed by atoms with Gasteiger partial charge in [0.1, 0.15) is 17.6 Å². The lowest BCUT2D eigenvalue weighted by Crippen LogP contribution is -2.28. The summed E-state index contributed by atoms with van der Waals surface area (Å²) in [6, 6.07) is 5.36. The van der Waals surface area contributed by atoms with Gasteiger partial charge in [-0.05, 0) is 37.1 Å². The molecule has 0 spiro atoms. The Bertz CT molecular complexity index is 624. The number of rotatable bonds is 4. The van der Waals surface area contributed by atoms with Crippen molar-refractivity contribution >= 4 is 0 Å². The van der Waals surface area contributed by atoms with Gasteiger partial charge in [-0.2, -0.15) is 0 Å². The van der Waals surface area contributed by atoms with E-state index in [2.05, 4.69) is 10.5 Å². The largest absolute Gasteiger partial charge is 0.385 e. The van der Waals surface area contributed by atoms with Crippen LogP contribution in [-0.2, 0) is 6.42 Å². The number of nitrogens with zero attached hydrogens (tertiary/aromatic N) is 1. The predicted octanol–water partition coefficient (Wildman–Crippen LogP) is 2.33. The number of aliphatic hydroxyl groups excluding tert-OH is 1. The van der Waals surface area contributed by atoms with Crippen molar-refractivity contribution in [2.24, 2.45) is 0 Å². The van der Waals surface area contributed by atoms with E-state index in [9.17, 15) is 13.9 Å². The number of nitrogens with one attached hydrogen (secondary N) is 1. The Hall–Kier alpha value is -1.79. The van der Waals surface area contributed by atoms with E-state index in [-0.39, 0.29) is 6.04 Å². The van der Waals surface area contributed by atoms with E-state index in [1.165, 1.54) is 6.07 Å². The molecule has 3 rings (SSSR count). The lowest BCUT2D eigenvalue weighted by atomic mass is 10.0. The van der Waals surface area contributed by atoms with Crippen molar-refractivity contribution in [1.29, 1.82) is 0 Å². The number of benzene rings is 1. The van der Waals surface area contributed by atoms with E-state index in [4.69, 9.17) is 4.52 Å². The molecule has 2 aromatic rings. The number of aliphatic hydroxyl groups is 1. The van der Waals surface area contributed by atoms with Crippen LogP contribution in [0.3, 0.4) is 0 Å². The van der Waals surface area contributed by atoms with Gasteiger partial charge in [-0.1, -0.05) is 11.2 Å². The third-order valence-electron chi connectivity index (χ3n) is 3.72.